The van der Waals surface area contributed by atoms with Crippen LogP contribution in [-0.2, 0) is 9.59 Å². The number of likely N-dealkylation sites (N-methyl/N-ethyl adjacent to an activating group) is 2. The molecular formula is C12H21N3O4. The maximum Gasteiger partial charge on any atom is 0.329 e. The highest BCUT2D eigenvalue weighted by Gasteiger charge is 2.43. The highest BCUT2D eigenvalue weighted by atomic mass is 16.4. The number of carbonyl (C=O) groups is 3. The zero-order chi connectivity index (χ0) is 14.6. The van der Waals surface area contributed by atoms with E-state index in [4.69, 9.17) is 0 Å². The van der Waals surface area contributed by atoms with E-state index in [1.165, 1.54) is 16.8 Å². The summed E-state index contributed by atoms with van der Waals surface area (Å²) in [5.74, 6) is -1.22. The lowest BCUT2D eigenvalue weighted by Crippen LogP contribution is -2.56. The second kappa shape index (κ2) is 5.90. The molecule has 7 heteroatoms. The lowest BCUT2D eigenvalue weighted by Gasteiger charge is -2.28. The topological polar surface area (TPSA) is 90.0 Å². The molecule has 0 unspecified atom stereocenters. The summed E-state index contributed by atoms with van der Waals surface area (Å²) in [4.78, 5) is 37.3. The fraction of sp³-hybridized carbons (Fsp3) is 0.750. The first-order valence-electron chi connectivity index (χ1n) is 6.25. The van der Waals surface area contributed by atoms with Crippen LogP contribution >= 0.6 is 0 Å². The Morgan fingerprint density at radius 3 is 2.11 bits per heavy atom. The van der Waals surface area contributed by atoms with Crippen molar-refractivity contribution in [3.63, 3.8) is 0 Å². The summed E-state index contributed by atoms with van der Waals surface area (Å²) in [6, 6.07) is -0.528. The SMILES string of the molecule is CN(C)C(=O)CN(C)C(=O)NC1(C(=O)O)CCCC1. The third kappa shape index (κ3) is 3.59. The predicted molar refractivity (Wildman–Crippen MR) is 68.7 cm³/mol. The Labute approximate surface area is 112 Å². The number of urea groups is 1. The summed E-state index contributed by atoms with van der Waals surface area (Å²) in [5.41, 5.74) is -1.17. The van der Waals surface area contributed by atoms with Crippen molar-refractivity contribution in [3.8, 4) is 0 Å². The highest BCUT2D eigenvalue weighted by Crippen LogP contribution is 2.30. The standard InChI is InChI=1S/C12H21N3O4/c1-14(2)9(16)8-15(3)11(19)13-12(10(17)18)6-4-5-7-12/h4-8H2,1-3H3,(H,13,19)(H,17,18). The van der Waals surface area contributed by atoms with Crippen LogP contribution in [0.4, 0.5) is 4.79 Å². The van der Waals surface area contributed by atoms with Gasteiger partial charge in [0, 0.05) is 21.1 Å². The minimum Gasteiger partial charge on any atom is -0.480 e. The second-order valence-electron chi connectivity index (χ2n) is 5.17. The van der Waals surface area contributed by atoms with E-state index in [1.807, 2.05) is 0 Å². The molecular weight excluding hydrogens is 250 g/mol. The Morgan fingerprint density at radius 1 is 1.16 bits per heavy atom. The number of hydrogen-bond acceptors (Lipinski definition) is 3. The molecule has 0 heterocycles. The zero-order valence-electron chi connectivity index (χ0n) is 11.6. The van der Waals surface area contributed by atoms with Crippen LogP contribution in [0.5, 0.6) is 0 Å². The molecule has 0 bridgehead atoms. The van der Waals surface area contributed by atoms with E-state index in [0.29, 0.717) is 12.8 Å². The van der Waals surface area contributed by atoms with E-state index in [-0.39, 0.29) is 12.5 Å². The van der Waals surface area contributed by atoms with E-state index < -0.39 is 17.5 Å². The number of nitrogens with zero attached hydrogens (tertiary/aromatic N) is 2. The molecule has 1 aliphatic rings. The Balaban J connectivity index is 2.62. The molecule has 0 aromatic carbocycles. The average Bonchev–Trinajstić information content (AvgIpc) is 2.78. The number of carbonyl (C=O) groups excluding carboxylic acids is 2. The largest absolute Gasteiger partial charge is 0.480 e. The van der Waals surface area contributed by atoms with Gasteiger partial charge in [0.25, 0.3) is 0 Å². The van der Waals surface area contributed by atoms with Crippen molar-refractivity contribution in [1.29, 1.82) is 0 Å². The molecule has 1 rings (SSSR count). The van der Waals surface area contributed by atoms with Gasteiger partial charge in [0.05, 0.1) is 0 Å². The Kier molecular flexibility index (Phi) is 4.74. The molecule has 108 valence electrons. The van der Waals surface area contributed by atoms with E-state index in [1.54, 1.807) is 14.1 Å². The maximum absolute atomic E-state index is 11.9. The van der Waals surface area contributed by atoms with Crippen LogP contribution in [0.2, 0.25) is 0 Å². The van der Waals surface area contributed by atoms with E-state index >= 15 is 0 Å². The molecule has 0 spiro atoms. The molecule has 3 amide bonds. The summed E-state index contributed by atoms with van der Waals surface area (Å²) >= 11 is 0. The molecule has 0 saturated heterocycles. The number of carboxylic acid groups (broad SMARTS) is 1. The Hall–Kier alpha value is -1.79. The van der Waals surface area contributed by atoms with Crippen molar-refractivity contribution in [2.24, 2.45) is 0 Å². The third-order valence-corrected chi connectivity index (χ3v) is 3.43. The van der Waals surface area contributed by atoms with Crippen LogP contribution in [0, 0.1) is 0 Å². The Morgan fingerprint density at radius 2 is 1.68 bits per heavy atom. The molecule has 0 aromatic heterocycles. The maximum atomic E-state index is 11.9. The van der Waals surface area contributed by atoms with Gasteiger partial charge >= 0.3 is 12.0 Å². The molecule has 1 aliphatic carbocycles. The van der Waals surface area contributed by atoms with Crippen LogP contribution in [0.25, 0.3) is 0 Å². The van der Waals surface area contributed by atoms with Crippen LogP contribution in [0.15, 0.2) is 0 Å². The Bertz CT molecular complexity index is 375. The first-order valence-corrected chi connectivity index (χ1v) is 6.25. The normalized spacial score (nSPS) is 16.8. The third-order valence-electron chi connectivity index (χ3n) is 3.43. The lowest BCUT2D eigenvalue weighted by atomic mass is 9.98. The highest BCUT2D eigenvalue weighted by molar-refractivity contribution is 5.88. The molecule has 0 atom stereocenters. The first kappa shape index (κ1) is 15.3. The summed E-state index contributed by atoms with van der Waals surface area (Å²) in [6.07, 6.45) is 2.44. The summed E-state index contributed by atoms with van der Waals surface area (Å²) in [7, 11) is 4.68. The zero-order valence-corrected chi connectivity index (χ0v) is 11.6. The van der Waals surface area contributed by atoms with Crippen LogP contribution < -0.4 is 5.32 Å². The lowest BCUT2D eigenvalue weighted by molar-refractivity contribution is -0.144. The van der Waals surface area contributed by atoms with Gasteiger partial charge in [0.2, 0.25) is 5.91 Å². The average molecular weight is 271 g/mol. The van der Waals surface area contributed by atoms with E-state index in [9.17, 15) is 19.5 Å². The van der Waals surface area contributed by atoms with Gasteiger partial charge in [0.15, 0.2) is 0 Å². The molecule has 2 N–H and O–H groups in total. The van der Waals surface area contributed by atoms with Gasteiger partial charge in [-0.05, 0) is 12.8 Å². The van der Waals surface area contributed by atoms with Crippen molar-refractivity contribution >= 4 is 17.9 Å². The van der Waals surface area contributed by atoms with Gasteiger partial charge in [-0.15, -0.1) is 0 Å². The molecule has 0 aliphatic heterocycles. The summed E-state index contributed by atoms with van der Waals surface area (Å²) in [6.45, 7) is -0.0749. The minimum absolute atomic E-state index is 0.0749. The van der Waals surface area contributed by atoms with Gasteiger partial charge in [0.1, 0.15) is 12.1 Å². The second-order valence-corrected chi connectivity index (χ2v) is 5.17. The van der Waals surface area contributed by atoms with Gasteiger partial charge in [-0.1, -0.05) is 12.8 Å². The summed E-state index contributed by atoms with van der Waals surface area (Å²) < 4.78 is 0. The van der Waals surface area contributed by atoms with Gasteiger partial charge in [-0.2, -0.15) is 0 Å². The summed E-state index contributed by atoms with van der Waals surface area (Å²) in [5, 5.41) is 11.8. The molecule has 1 fully saturated rings. The van der Waals surface area contributed by atoms with Gasteiger partial charge in [-0.25, -0.2) is 9.59 Å². The molecule has 7 nitrogen and oxygen atoms in total. The number of nitrogens with one attached hydrogen (secondary N) is 1. The van der Waals surface area contributed by atoms with Gasteiger partial charge in [-0.3, -0.25) is 4.79 Å². The molecule has 19 heavy (non-hydrogen) atoms. The smallest absolute Gasteiger partial charge is 0.329 e. The van der Waals surface area contributed by atoms with Crippen molar-refractivity contribution in [3.05, 3.63) is 0 Å². The fourth-order valence-corrected chi connectivity index (χ4v) is 2.09. The van der Waals surface area contributed by atoms with Crippen LogP contribution in [0.1, 0.15) is 25.7 Å². The minimum atomic E-state index is -1.17. The molecule has 1 saturated carbocycles. The van der Waals surface area contributed by atoms with E-state index in [0.717, 1.165) is 12.8 Å². The number of carboxylic acids is 1. The van der Waals surface area contributed by atoms with Crippen LogP contribution in [0.3, 0.4) is 0 Å². The van der Waals surface area contributed by atoms with Crippen molar-refractivity contribution in [1.82, 2.24) is 15.1 Å². The molecule has 0 aromatic rings. The van der Waals surface area contributed by atoms with Crippen molar-refractivity contribution < 1.29 is 19.5 Å². The number of hydrogen-bond donors (Lipinski definition) is 2. The monoisotopic (exact) mass is 271 g/mol. The number of amides is 3. The molecule has 0 radical (unpaired) electrons. The van der Waals surface area contributed by atoms with Crippen molar-refractivity contribution in [2.75, 3.05) is 27.7 Å². The predicted octanol–water partition coefficient (Wildman–Crippen LogP) is 0.113. The van der Waals surface area contributed by atoms with Crippen molar-refractivity contribution in [2.45, 2.75) is 31.2 Å². The first-order chi connectivity index (χ1) is 8.78. The number of rotatable bonds is 4. The van der Waals surface area contributed by atoms with Gasteiger partial charge < -0.3 is 20.2 Å². The fourth-order valence-electron chi connectivity index (χ4n) is 2.09. The number of aliphatic carboxylic acids is 1. The quantitative estimate of drug-likeness (QED) is 0.759. The van der Waals surface area contributed by atoms with E-state index in [2.05, 4.69) is 5.32 Å². The van der Waals surface area contributed by atoms with Crippen LogP contribution in [-0.4, -0.2) is 66.0 Å².